The highest BCUT2D eigenvalue weighted by atomic mass is 127. The minimum absolute atomic E-state index is 0.250. The molecule has 0 bridgehead atoms. The fraction of sp³-hybridized carbons (Fsp3) is 0.0769. The van der Waals surface area contributed by atoms with E-state index in [4.69, 9.17) is 4.74 Å². The fourth-order valence-corrected chi connectivity index (χ4v) is 2.07. The van der Waals surface area contributed by atoms with E-state index in [-0.39, 0.29) is 5.75 Å². The van der Waals surface area contributed by atoms with Crippen molar-refractivity contribution in [2.45, 2.75) is 6.18 Å². The lowest BCUT2D eigenvalue weighted by molar-refractivity contribution is -0.385. The van der Waals surface area contributed by atoms with Crippen LogP contribution in [-0.2, 0) is 6.18 Å². The Morgan fingerprint density at radius 2 is 1.76 bits per heavy atom. The Morgan fingerprint density at radius 1 is 1.10 bits per heavy atom. The third-order valence-corrected chi connectivity index (χ3v) is 3.43. The number of para-hydroxylation sites is 1. The number of ether oxygens (including phenoxy) is 1. The molecule has 0 saturated carbocycles. The molecule has 0 saturated heterocycles. The SMILES string of the molecule is O=[N+]([O-])c1ccc(C(F)(F)F)cc1Oc1ccccc1I. The monoisotopic (exact) mass is 409 g/mol. The molecule has 4 nitrogen and oxygen atoms in total. The zero-order valence-electron chi connectivity index (χ0n) is 10.2. The number of benzene rings is 2. The average Bonchev–Trinajstić information content (AvgIpc) is 2.40. The van der Waals surface area contributed by atoms with E-state index in [1.165, 1.54) is 6.07 Å². The van der Waals surface area contributed by atoms with Gasteiger partial charge in [-0.1, -0.05) is 12.1 Å². The molecule has 0 amide bonds. The summed E-state index contributed by atoms with van der Waals surface area (Å²) in [5.41, 5.74) is -1.53. The zero-order chi connectivity index (χ0) is 15.6. The Bertz CT molecular complexity index is 689. The molecule has 0 aliphatic carbocycles. The zero-order valence-corrected chi connectivity index (χ0v) is 12.4. The third-order valence-electron chi connectivity index (χ3n) is 2.54. The Labute approximate surface area is 130 Å². The van der Waals surface area contributed by atoms with Crippen LogP contribution in [0.2, 0.25) is 0 Å². The van der Waals surface area contributed by atoms with Crippen LogP contribution in [0.1, 0.15) is 5.56 Å². The number of halogens is 4. The van der Waals surface area contributed by atoms with Crippen LogP contribution >= 0.6 is 22.6 Å². The highest BCUT2D eigenvalue weighted by molar-refractivity contribution is 14.1. The van der Waals surface area contributed by atoms with Gasteiger partial charge in [-0.2, -0.15) is 13.2 Å². The molecule has 0 radical (unpaired) electrons. The highest BCUT2D eigenvalue weighted by Crippen LogP contribution is 2.38. The first-order valence-corrected chi connectivity index (χ1v) is 6.65. The van der Waals surface area contributed by atoms with Gasteiger partial charge in [-0.05, 0) is 40.8 Å². The summed E-state index contributed by atoms with van der Waals surface area (Å²) in [6, 6.07) is 8.60. The molecule has 0 N–H and O–H groups in total. The second-order valence-electron chi connectivity index (χ2n) is 3.97. The van der Waals surface area contributed by atoms with Crippen LogP contribution in [0.25, 0.3) is 0 Å². The lowest BCUT2D eigenvalue weighted by Gasteiger charge is -2.11. The predicted octanol–water partition coefficient (Wildman–Crippen LogP) is 5.01. The Morgan fingerprint density at radius 3 is 2.33 bits per heavy atom. The van der Waals surface area contributed by atoms with Crippen molar-refractivity contribution < 1.29 is 22.8 Å². The van der Waals surface area contributed by atoms with Gasteiger partial charge in [-0.3, -0.25) is 10.1 Å². The maximum absolute atomic E-state index is 12.7. The minimum Gasteiger partial charge on any atom is -0.449 e. The van der Waals surface area contributed by atoms with Crippen LogP contribution in [0.4, 0.5) is 18.9 Å². The normalized spacial score (nSPS) is 11.2. The van der Waals surface area contributed by atoms with Crippen molar-refractivity contribution in [2.24, 2.45) is 0 Å². The van der Waals surface area contributed by atoms with E-state index in [0.29, 0.717) is 15.7 Å². The lowest BCUT2D eigenvalue weighted by Crippen LogP contribution is -2.06. The molecule has 2 rings (SSSR count). The third kappa shape index (κ3) is 3.63. The molecule has 0 fully saturated rings. The summed E-state index contributed by atoms with van der Waals surface area (Å²) in [6.07, 6.45) is -4.60. The van der Waals surface area contributed by atoms with Crippen molar-refractivity contribution in [3.05, 3.63) is 61.7 Å². The summed E-state index contributed by atoms with van der Waals surface area (Å²) < 4.78 is 44.0. The molecule has 2 aromatic carbocycles. The van der Waals surface area contributed by atoms with Gasteiger partial charge < -0.3 is 4.74 Å². The van der Waals surface area contributed by atoms with Gasteiger partial charge in [0.25, 0.3) is 0 Å². The van der Waals surface area contributed by atoms with Gasteiger partial charge in [-0.25, -0.2) is 0 Å². The smallest absolute Gasteiger partial charge is 0.416 e. The Kier molecular flexibility index (Phi) is 4.35. The van der Waals surface area contributed by atoms with Crippen LogP contribution in [0.5, 0.6) is 11.5 Å². The van der Waals surface area contributed by atoms with E-state index in [9.17, 15) is 23.3 Å². The fourth-order valence-electron chi connectivity index (χ4n) is 1.57. The number of hydrogen-bond acceptors (Lipinski definition) is 3. The summed E-state index contributed by atoms with van der Waals surface area (Å²) in [6.45, 7) is 0. The second-order valence-corrected chi connectivity index (χ2v) is 5.13. The molecule has 0 heterocycles. The highest BCUT2D eigenvalue weighted by Gasteiger charge is 2.33. The number of hydrogen-bond donors (Lipinski definition) is 0. The summed E-state index contributed by atoms with van der Waals surface area (Å²) >= 11 is 1.92. The van der Waals surface area contributed by atoms with Crippen molar-refractivity contribution in [1.82, 2.24) is 0 Å². The molecule has 0 atom stereocenters. The maximum Gasteiger partial charge on any atom is 0.416 e. The van der Waals surface area contributed by atoms with E-state index in [0.717, 1.165) is 6.07 Å². The Hall–Kier alpha value is -1.84. The second kappa shape index (κ2) is 5.88. The average molecular weight is 409 g/mol. The van der Waals surface area contributed by atoms with Gasteiger partial charge in [0.15, 0.2) is 0 Å². The van der Waals surface area contributed by atoms with Gasteiger partial charge >= 0.3 is 11.9 Å². The quantitative estimate of drug-likeness (QED) is 0.407. The number of nitro groups is 1. The topological polar surface area (TPSA) is 52.4 Å². The number of alkyl halides is 3. The molecule has 0 unspecified atom stereocenters. The standard InChI is InChI=1S/C13H7F3INO3/c14-13(15,16)8-5-6-10(18(19)20)12(7-8)21-11-4-2-1-3-9(11)17/h1-7H. The van der Waals surface area contributed by atoms with Gasteiger partial charge in [0.05, 0.1) is 14.1 Å². The van der Waals surface area contributed by atoms with Gasteiger partial charge in [0, 0.05) is 12.1 Å². The summed E-state index contributed by atoms with van der Waals surface area (Å²) in [7, 11) is 0. The number of nitrogens with zero attached hydrogens (tertiary/aromatic N) is 1. The molecular formula is C13H7F3INO3. The first-order valence-electron chi connectivity index (χ1n) is 5.57. The molecule has 8 heteroatoms. The van der Waals surface area contributed by atoms with E-state index < -0.39 is 28.1 Å². The summed E-state index contributed by atoms with van der Waals surface area (Å²) in [5.74, 6) is -0.195. The largest absolute Gasteiger partial charge is 0.449 e. The van der Waals surface area contributed by atoms with Crippen molar-refractivity contribution in [3.63, 3.8) is 0 Å². The molecular weight excluding hydrogens is 402 g/mol. The minimum atomic E-state index is -4.60. The van der Waals surface area contributed by atoms with Gasteiger partial charge in [-0.15, -0.1) is 0 Å². The van der Waals surface area contributed by atoms with Crippen molar-refractivity contribution in [2.75, 3.05) is 0 Å². The van der Waals surface area contributed by atoms with E-state index in [1.807, 2.05) is 22.6 Å². The van der Waals surface area contributed by atoms with E-state index >= 15 is 0 Å². The van der Waals surface area contributed by atoms with Crippen molar-refractivity contribution in [1.29, 1.82) is 0 Å². The maximum atomic E-state index is 12.7. The molecule has 0 aliphatic rings. The van der Waals surface area contributed by atoms with E-state index in [1.54, 1.807) is 18.2 Å². The number of nitro benzene ring substituents is 1. The Balaban J connectivity index is 2.49. The molecule has 110 valence electrons. The summed E-state index contributed by atoms with van der Waals surface area (Å²) in [5, 5.41) is 10.9. The van der Waals surface area contributed by atoms with Gasteiger partial charge in [0.2, 0.25) is 5.75 Å². The van der Waals surface area contributed by atoms with E-state index in [2.05, 4.69) is 0 Å². The first-order chi connectivity index (χ1) is 9.79. The molecule has 0 aliphatic heterocycles. The van der Waals surface area contributed by atoms with Crippen LogP contribution in [0.3, 0.4) is 0 Å². The summed E-state index contributed by atoms with van der Waals surface area (Å²) in [4.78, 5) is 10.1. The molecule has 2 aromatic rings. The van der Waals surface area contributed by atoms with Gasteiger partial charge in [0.1, 0.15) is 5.75 Å². The molecule has 0 aromatic heterocycles. The van der Waals surface area contributed by atoms with Crippen LogP contribution in [0.15, 0.2) is 42.5 Å². The number of rotatable bonds is 3. The molecule has 21 heavy (non-hydrogen) atoms. The van der Waals surface area contributed by atoms with Crippen LogP contribution < -0.4 is 4.74 Å². The van der Waals surface area contributed by atoms with Crippen LogP contribution in [0, 0.1) is 13.7 Å². The first kappa shape index (κ1) is 15.5. The molecule has 0 spiro atoms. The van der Waals surface area contributed by atoms with Crippen LogP contribution in [-0.4, -0.2) is 4.92 Å². The predicted molar refractivity (Wildman–Crippen MR) is 77.3 cm³/mol. The lowest BCUT2D eigenvalue weighted by atomic mass is 10.2. The van der Waals surface area contributed by atoms with Crippen molar-refractivity contribution >= 4 is 28.3 Å². The van der Waals surface area contributed by atoms with Crippen molar-refractivity contribution in [3.8, 4) is 11.5 Å².